The number of carbonyl (C=O) groups excluding carboxylic acids is 1. The van der Waals surface area contributed by atoms with E-state index >= 15 is 0 Å². The van der Waals surface area contributed by atoms with Gasteiger partial charge in [-0.3, -0.25) is 4.79 Å². The van der Waals surface area contributed by atoms with Crippen molar-refractivity contribution in [3.05, 3.63) is 47.2 Å². The van der Waals surface area contributed by atoms with E-state index in [4.69, 9.17) is 13.9 Å². The highest BCUT2D eigenvalue weighted by Gasteiger charge is 2.37. The normalized spacial score (nSPS) is 16.4. The molecule has 0 aliphatic carbocycles. The van der Waals surface area contributed by atoms with Crippen LogP contribution in [0.25, 0.3) is 0 Å². The van der Waals surface area contributed by atoms with Gasteiger partial charge in [-0.2, -0.15) is 0 Å². The molecule has 1 aliphatic rings. The average Bonchev–Trinajstić information content (AvgIpc) is 3.24. The Balaban J connectivity index is 1.84. The maximum Gasteiger partial charge on any atom is 0.287 e. The van der Waals surface area contributed by atoms with Crippen LogP contribution in [0.4, 0.5) is 0 Å². The zero-order valence-electron chi connectivity index (χ0n) is 16.8. The smallest absolute Gasteiger partial charge is 0.287 e. The number of hydrogen-bond donors (Lipinski definition) is 2. The first kappa shape index (κ1) is 21.4. The number of hydrogen-bond acceptors (Lipinski definition) is 6. The van der Waals surface area contributed by atoms with Crippen molar-refractivity contribution >= 4 is 15.9 Å². The SMILES string of the molecule is CNS(=O)(=O)c1ccc(C(=O)NCC2(c3cc(C)ccc3OC)CCOCC2)o1. The van der Waals surface area contributed by atoms with Crippen LogP contribution in [0, 0.1) is 6.92 Å². The first-order valence-electron chi connectivity index (χ1n) is 9.36. The fraction of sp³-hybridized carbons (Fsp3) is 0.450. The summed E-state index contributed by atoms with van der Waals surface area (Å²) < 4.78 is 42.1. The Labute approximate surface area is 170 Å². The second-order valence-corrected chi connectivity index (χ2v) is 8.92. The third-order valence-electron chi connectivity index (χ3n) is 5.30. The predicted molar refractivity (Wildman–Crippen MR) is 107 cm³/mol. The van der Waals surface area contributed by atoms with Gasteiger partial charge in [0.25, 0.3) is 15.9 Å². The van der Waals surface area contributed by atoms with E-state index in [9.17, 15) is 13.2 Å². The Hall–Kier alpha value is -2.36. The lowest BCUT2D eigenvalue weighted by molar-refractivity contribution is 0.0476. The maximum atomic E-state index is 12.6. The molecule has 1 aliphatic heterocycles. The van der Waals surface area contributed by atoms with Crippen LogP contribution in [0.5, 0.6) is 5.75 Å². The molecule has 1 amide bonds. The van der Waals surface area contributed by atoms with Crippen molar-refractivity contribution in [1.82, 2.24) is 10.0 Å². The van der Waals surface area contributed by atoms with E-state index in [1.165, 1.54) is 19.2 Å². The number of ether oxygens (including phenoxy) is 2. The molecule has 0 radical (unpaired) electrons. The topological polar surface area (TPSA) is 107 Å². The minimum absolute atomic E-state index is 0.0581. The van der Waals surface area contributed by atoms with Crippen molar-refractivity contribution in [3.8, 4) is 5.75 Å². The standard InChI is InChI=1S/C20H26N2O6S/c1-14-4-5-16(26-3)15(12-14)20(8-10-27-11-9-20)13-22-19(23)17-6-7-18(28-17)29(24,25)21-2/h4-7,12,21H,8-11,13H2,1-3H3,(H,22,23). The van der Waals surface area contributed by atoms with Gasteiger partial charge in [0, 0.05) is 30.7 Å². The molecular formula is C20H26N2O6S. The summed E-state index contributed by atoms with van der Waals surface area (Å²) in [6, 6.07) is 8.62. The summed E-state index contributed by atoms with van der Waals surface area (Å²) in [5, 5.41) is 2.60. The number of carbonyl (C=O) groups is 1. The summed E-state index contributed by atoms with van der Waals surface area (Å²) >= 11 is 0. The number of methoxy groups -OCH3 is 1. The van der Waals surface area contributed by atoms with Gasteiger partial charge in [0.05, 0.1) is 7.11 Å². The molecule has 0 atom stereocenters. The van der Waals surface area contributed by atoms with Gasteiger partial charge < -0.3 is 19.2 Å². The van der Waals surface area contributed by atoms with Crippen molar-refractivity contribution in [1.29, 1.82) is 0 Å². The summed E-state index contributed by atoms with van der Waals surface area (Å²) in [7, 11) is -0.834. The van der Waals surface area contributed by atoms with Crippen LogP contribution in [-0.4, -0.2) is 48.2 Å². The highest BCUT2D eigenvalue weighted by atomic mass is 32.2. The van der Waals surface area contributed by atoms with Crippen LogP contribution < -0.4 is 14.8 Å². The predicted octanol–water partition coefficient (Wildman–Crippen LogP) is 1.98. The van der Waals surface area contributed by atoms with E-state index in [1.54, 1.807) is 7.11 Å². The Morgan fingerprint density at radius 2 is 1.93 bits per heavy atom. The van der Waals surface area contributed by atoms with Gasteiger partial charge in [0.1, 0.15) is 5.75 Å². The van der Waals surface area contributed by atoms with Crippen molar-refractivity contribution < 1.29 is 27.1 Å². The molecule has 1 aromatic heterocycles. The number of nitrogens with one attached hydrogen (secondary N) is 2. The first-order valence-corrected chi connectivity index (χ1v) is 10.8. The van der Waals surface area contributed by atoms with Crippen molar-refractivity contribution in [2.45, 2.75) is 30.3 Å². The molecule has 8 nitrogen and oxygen atoms in total. The summed E-state index contributed by atoms with van der Waals surface area (Å²) in [4.78, 5) is 12.6. The first-order chi connectivity index (χ1) is 13.8. The highest BCUT2D eigenvalue weighted by molar-refractivity contribution is 7.89. The van der Waals surface area contributed by atoms with Gasteiger partial charge in [0.2, 0.25) is 5.09 Å². The van der Waals surface area contributed by atoms with E-state index in [0.29, 0.717) is 19.8 Å². The minimum atomic E-state index is -3.74. The summed E-state index contributed by atoms with van der Waals surface area (Å²) in [6.45, 7) is 3.53. The Bertz CT molecular complexity index is 977. The quantitative estimate of drug-likeness (QED) is 0.707. The molecule has 9 heteroatoms. The van der Waals surface area contributed by atoms with Crippen LogP contribution >= 0.6 is 0 Å². The second-order valence-electron chi connectivity index (χ2n) is 7.11. The van der Waals surface area contributed by atoms with E-state index in [0.717, 1.165) is 29.7 Å². The van der Waals surface area contributed by atoms with Gasteiger partial charge in [-0.25, -0.2) is 13.1 Å². The molecule has 158 valence electrons. The Kier molecular flexibility index (Phi) is 6.30. The zero-order chi connectivity index (χ0) is 21.1. The minimum Gasteiger partial charge on any atom is -0.496 e. The number of sulfonamides is 1. The number of benzene rings is 1. The molecule has 3 rings (SSSR count). The zero-order valence-corrected chi connectivity index (χ0v) is 17.6. The molecule has 0 saturated carbocycles. The maximum absolute atomic E-state index is 12.6. The Morgan fingerprint density at radius 1 is 1.21 bits per heavy atom. The lowest BCUT2D eigenvalue weighted by atomic mass is 9.73. The van der Waals surface area contributed by atoms with Gasteiger partial charge in [-0.15, -0.1) is 0 Å². The lowest BCUT2D eigenvalue weighted by Gasteiger charge is -2.38. The van der Waals surface area contributed by atoms with E-state index in [1.807, 2.05) is 19.1 Å². The van der Waals surface area contributed by atoms with E-state index in [2.05, 4.69) is 16.1 Å². The monoisotopic (exact) mass is 422 g/mol. The second kappa shape index (κ2) is 8.56. The summed E-state index contributed by atoms with van der Waals surface area (Å²) in [5.74, 6) is 0.240. The fourth-order valence-corrected chi connectivity index (χ4v) is 4.21. The molecule has 1 aromatic carbocycles. The third kappa shape index (κ3) is 4.47. The van der Waals surface area contributed by atoms with Crippen LogP contribution in [0.3, 0.4) is 0 Å². The van der Waals surface area contributed by atoms with Crippen LogP contribution in [0.15, 0.2) is 39.8 Å². The van der Waals surface area contributed by atoms with E-state index in [-0.39, 0.29) is 16.3 Å². The number of aryl methyl sites for hydroxylation is 1. The van der Waals surface area contributed by atoms with Gasteiger partial charge in [0.15, 0.2) is 5.76 Å². The molecule has 1 fully saturated rings. The van der Waals surface area contributed by atoms with Crippen molar-refractivity contribution in [3.63, 3.8) is 0 Å². The van der Waals surface area contributed by atoms with Crippen LogP contribution in [0.1, 0.15) is 34.5 Å². The summed E-state index contributed by atoms with van der Waals surface area (Å²) in [5.41, 5.74) is 1.78. The number of furan rings is 1. The fourth-order valence-electron chi connectivity index (χ4n) is 3.56. The Morgan fingerprint density at radius 3 is 2.59 bits per heavy atom. The molecule has 0 bridgehead atoms. The molecule has 2 N–H and O–H groups in total. The van der Waals surface area contributed by atoms with Crippen LogP contribution in [-0.2, 0) is 20.2 Å². The molecular weight excluding hydrogens is 396 g/mol. The lowest BCUT2D eigenvalue weighted by Crippen LogP contribution is -2.44. The van der Waals surface area contributed by atoms with Gasteiger partial charge >= 0.3 is 0 Å². The van der Waals surface area contributed by atoms with Crippen LogP contribution in [0.2, 0.25) is 0 Å². The highest BCUT2D eigenvalue weighted by Crippen LogP contribution is 2.40. The third-order valence-corrected chi connectivity index (χ3v) is 6.59. The van der Waals surface area contributed by atoms with Crippen molar-refractivity contribution in [2.24, 2.45) is 0 Å². The van der Waals surface area contributed by atoms with Crippen molar-refractivity contribution in [2.75, 3.05) is 33.9 Å². The molecule has 0 unspecified atom stereocenters. The molecule has 2 aromatic rings. The molecule has 29 heavy (non-hydrogen) atoms. The van der Waals surface area contributed by atoms with Gasteiger partial charge in [-0.05, 0) is 45.0 Å². The molecule has 0 spiro atoms. The number of rotatable bonds is 7. The average molecular weight is 423 g/mol. The molecule has 1 saturated heterocycles. The molecule has 2 heterocycles. The summed E-state index contributed by atoms with van der Waals surface area (Å²) in [6.07, 6.45) is 1.45. The van der Waals surface area contributed by atoms with E-state index < -0.39 is 15.9 Å². The largest absolute Gasteiger partial charge is 0.496 e. The number of amides is 1. The van der Waals surface area contributed by atoms with Gasteiger partial charge in [-0.1, -0.05) is 17.7 Å².